The molecule has 0 saturated heterocycles. The lowest BCUT2D eigenvalue weighted by atomic mass is 10.6. The van der Waals surface area contributed by atoms with Gasteiger partial charge in [-0.25, -0.2) is 0 Å². The van der Waals surface area contributed by atoms with Crippen molar-refractivity contribution in [3.8, 4) is 0 Å². The molecule has 0 radical (unpaired) electrons. The van der Waals surface area contributed by atoms with Gasteiger partial charge < -0.3 is 9.84 Å². The van der Waals surface area contributed by atoms with Crippen molar-refractivity contribution in [2.45, 2.75) is 13.2 Å². The topological polar surface area (TPSA) is 32.7 Å². The minimum absolute atomic E-state index is 0.421. The normalized spacial score (nSPS) is 14.6. The summed E-state index contributed by atoms with van der Waals surface area (Å²) < 4.78 is 4.73. The predicted octanol–water partition coefficient (Wildman–Crippen LogP) is -0.140. The summed E-state index contributed by atoms with van der Waals surface area (Å²) in [5.74, 6) is 0. The summed E-state index contributed by atoms with van der Waals surface area (Å²) in [5.41, 5.74) is 0. The highest BCUT2D eigenvalue weighted by Crippen LogP contribution is 1.87. The smallest absolute Gasteiger partial charge is 0.106 e. The van der Waals surface area contributed by atoms with Crippen LogP contribution in [0.2, 0.25) is 0 Å². The van der Waals surface area contributed by atoms with E-state index in [2.05, 4.69) is 0 Å². The maximum atomic E-state index is 8.80. The number of aliphatic hydroxyl groups is 1. The van der Waals surface area contributed by atoms with E-state index in [1.165, 1.54) is 0 Å². The molecule has 1 atom stereocenters. The molecule has 0 amide bonds. The van der Waals surface area contributed by atoms with Crippen LogP contribution in [0.3, 0.4) is 0 Å². The van der Waals surface area contributed by atoms with Gasteiger partial charge in [-0.1, -0.05) is 0 Å². The lowest BCUT2D eigenvalue weighted by Crippen LogP contribution is -2.30. The minimum Gasteiger partial charge on any atom is -0.379 e. The van der Waals surface area contributed by atoms with Gasteiger partial charge in [0, 0.05) is 7.11 Å². The van der Waals surface area contributed by atoms with Gasteiger partial charge in [0.2, 0.25) is 0 Å². The number of hydrogen-bond donors (Lipinski definition) is 1. The number of ether oxygens (including phenoxy) is 1. The highest BCUT2D eigenvalue weighted by atomic mass is 16.5. The molecule has 0 fully saturated rings. The molecule has 50 valence electrons. The molecule has 3 heteroatoms. The van der Waals surface area contributed by atoms with Crippen LogP contribution in [-0.4, -0.2) is 37.1 Å². The molecule has 0 aliphatic rings. The molecule has 0 rings (SSSR count). The summed E-state index contributed by atoms with van der Waals surface area (Å²) in [5, 5.41) is 8.80. The first kappa shape index (κ1) is 7.88. The van der Waals surface area contributed by atoms with E-state index in [0.29, 0.717) is 6.73 Å². The highest BCUT2D eigenvalue weighted by molar-refractivity contribution is 4.40. The third kappa shape index (κ3) is 2.96. The molecule has 8 heavy (non-hydrogen) atoms. The second-order valence-corrected chi connectivity index (χ2v) is 1.81. The Morgan fingerprint density at radius 1 is 1.75 bits per heavy atom. The maximum Gasteiger partial charge on any atom is 0.106 e. The van der Waals surface area contributed by atoms with Crippen LogP contribution in [0.5, 0.6) is 0 Å². The first-order valence-corrected chi connectivity index (χ1v) is 2.55. The van der Waals surface area contributed by atoms with Crippen LogP contribution in [0.15, 0.2) is 0 Å². The molecular weight excluding hydrogens is 106 g/mol. The first-order chi connectivity index (χ1) is 3.68. The van der Waals surface area contributed by atoms with Gasteiger partial charge in [-0.15, -0.1) is 0 Å². The van der Waals surface area contributed by atoms with Crippen LogP contribution in [-0.2, 0) is 4.74 Å². The first-order valence-electron chi connectivity index (χ1n) is 2.55. The van der Waals surface area contributed by atoms with E-state index in [9.17, 15) is 0 Å². The van der Waals surface area contributed by atoms with Crippen molar-refractivity contribution in [2.24, 2.45) is 0 Å². The molecule has 0 aromatic rings. The number of rotatable bonds is 3. The molecule has 0 aliphatic carbocycles. The molecule has 0 saturated carbocycles. The van der Waals surface area contributed by atoms with E-state index in [1.54, 1.807) is 26.0 Å². The fraction of sp³-hybridized carbons (Fsp3) is 1.00. The lowest BCUT2D eigenvalue weighted by molar-refractivity contribution is -0.0318. The van der Waals surface area contributed by atoms with Crippen molar-refractivity contribution < 1.29 is 9.84 Å². The minimum atomic E-state index is -0.421. The number of aliphatic hydroxyl groups excluding tert-OH is 1. The fourth-order valence-electron chi connectivity index (χ4n) is 0.312. The average Bonchev–Trinajstić information content (AvgIpc) is 1.67. The summed E-state index contributed by atoms with van der Waals surface area (Å²) in [4.78, 5) is 1.68. The van der Waals surface area contributed by atoms with Crippen molar-refractivity contribution in [3.63, 3.8) is 0 Å². The van der Waals surface area contributed by atoms with Gasteiger partial charge in [-0.2, -0.15) is 0 Å². The van der Waals surface area contributed by atoms with Crippen LogP contribution >= 0.6 is 0 Å². The molecule has 0 bridgehead atoms. The molecule has 0 aromatic heterocycles. The van der Waals surface area contributed by atoms with Crippen molar-refractivity contribution in [1.82, 2.24) is 4.90 Å². The van der Waals surface area contributed by atoms with Crippen LogP contribution in [0.25, 0.3) is 0 Å². The van der Waals surface area contributed by atoms with E-state index in [1.807, 2.05) is 0 Å². The summed E-state index contributed by atoms with van der Waals surface area (Å²) >= 11 is 0. The molecule has 1 unspecified atom stereocenters. The third-order valence-corrected chi connectivity index (χ3v) is 0.971. The van der Waals surface area contributed by atoms with Crippen LogP contribution in [0.4, 0.5) is 0 Å². The monoisotopic (exact) mass is 119 g/mol. The van der Waals surface area contributed by atoms with Crippen molar-refractivity contribution in [3.05, 3.63) is 0 Å². The van der Waals surface area contributed by atoms with Crippen molar-refractivity contribution in [2.75, 3.05) is 20.9 Å². The zero-order valence-corrected chi connectivity index (χ0v) is 5.59. The van der Waals surface area contributed by atoms with Gasteiger partial charge in [0.05, 0.1) is 0 Å². The Hall–Kier alpha value is -0.120. The highest BCUT2D eigenvalue weighted by Gasteiger charge is 2.00. The van der Waals surface area contributed by atoms with Gasteiger partial charge in [0.15, 0.2) is 0 Å². The van der Waals surface area contributed by atoms with Crippen LogP contribution < -0.4 is 0 Å². The van der Waals surface area contributed by atoms with Gasteiger partial charge in [-0.3, -0.25) is 4.90 Å². The summed E-state index contributed by atoms with van der Waals surface area (Å²) in [6.45, 7) is 2.16. The Morgan fingerprint density at radius 3 is 2.38 bits per heavy atom. The zero-order valence-electron chi connectivity index (χ0n) is 5.59. The van der Waals surface area contributed by atoms with Crippen LogP contribution in [0.1, 0.15) is 6.92 Å². The second-order valence-electron chi connectivity index (χ2n) is 1.81. The zero-order chi connectivity index (χ0) is 6.57. The molecule has 0 aromatic carbocycles. The number of hydrogen-bond acceptors (Lipinski definition) is 3. The predicted molar refractivity (Wildman–Crippen MR) is 31.3 cm³/mol. The van der Waals surface area contributed by atoms with E-state index in [0.717, 1.165) is 0 Å². The molecular formula is C5H13NO2. The molecule has 0 aliphatic heterocycles. The molecule has 0 spiro atoms. The Bertz CT molecular complexity index is 56.4. The van der Waals surface area contributed by atoms with Gasteiger partial charge in [0.1, 0.15) is 13.0 Å². The van der Waals surface area contributed by atoms with Gasteiger partial charge in [0.25, 0.3) is 0 Å². The lowest BCUT2D eigenvalue weighted by Gasteiger charge is -2.17. The quantitative estimate of drug-likeness (QED) is 0.525. The third-order valence-electron chi connectivity index (χ3n) is 0.971. The Labute approximate surface area is 49.9 Å². The standard InChI is InChI=1S/C5H13NO2/c1-5(7)6(2)4-8-3/h5,7H,4H2,1-3H3. The van der Waals surface area contributed by atoms with Gasteiger partial charge in [-0.05, 0) is 14.0 Å². The maximum absolute atomic E-state index is 8.80. The fourth-order valence-corrected chi connectivity index (χ4v) is 0.312. The van der Waals surface area contributed by atoms with E-state index in [4.69, 9.17) is 9.84 Å². The SMILES string of the molecule is COCN(C)C(C)O. The Balaban J connectivity index is 3.17. The Morgan fingerprint density at radius 2 is 2.25 bits per heavy atom. The Kier molecular flexibility index (Phi) is 3.77. The average molecular weight is 119 g/mol. The number of nitrogens with zero attached hydrogens (tertiary/aromatic N) is 1. The van der Waals surface area contributed by atoms with Crippen molar-refractivity contribution in [1.29, 1.82) is 0 Å². The van der Waals surface area contributed by atoms with E-state index in [-0.39, 0.29) is 0 Å². The summed E-state index contributed by atoms with van der Waals surface area (Å²) in [6.07, 6.45) is -0.421. The van der Waals surface area contributed by atoms with Gasteiger partial charge >= 0.3 is 0 Å². The summed E-state index contributed by atoms with van der Waals surface area (Å²) in [6, 6.07) is 0. The molecule has 1 N–H and O–H groups in total. The summed E-state index contributed by atoms with van der Waals surface area (Å²) in [7, 11) is 3.38. The van der Waals surface area contributed by atoms with E-state index >= 15 is 0 Å². The number of methoxy groups -OCH3 is 1. The molecule has 3 nitrogen and oxygen atoms in total. The second kappa shape index (κ2) is 3.83. The molecule has 0 heterocycles. The largest absolute Gasteiger partial charge is 0.379 e. The van der Waals surface area contributed by atoms with Crippen molar-refractivity contribution >= 4 is 0 Å². The van der Waals surface area contributed by atoms with E-state index < -0.39 is 6.23 Å². The van der Waals surface area contributed by atoms with Crippen LogP contribution in [0, 0.1) is 0 Å².